The zero-order valence-electron chi connectivity index (χ0n) is 14.7. The average molecular weight is 459 g/mol. The fourth-order valence-corrected chi connectivity index (χ4v) is 3.25. The largest absolute Gasteiger partial charge is 0.496 e. The van der Waals surface area contributed by atoms with Crippen LogP contribution in [0, 0.1) is 0 Å². The summed E-state index contributed by atoms with van der Waals surface area (Å²) in [6.45, 7) is 3.84. The fourth-order valence-electron chi connectivity index (χ4n) is 2.47. The quantitative estimate of drug-likeness (QED) is 0.400. The van der Waals surface area contributed by atoms with Gasteiger partial charge in [-0.1, -0.05) is 31.2 Å². The summed E-state index contributed by atoms with van der Waals surface area (Å²) >= 11 is 1.80. The highest BCUT2D eigenvalue weighted by atomic mass is 127. The van der Waals surface area contributed by atoms with E-state index in [9.17, 15) is 0 Å². The standard InChI is InChI=1S/C18H25N3OS.HI/c1-14(17-10-7-11-23-17)12-20-18(19-2)21(3)13-15-8-5-6-9-16(15)22-4;/h5-11,14H,12-13H2,1-4H3,(H,19,20);1H. The van der Waals surface area contributed by atoms with Crippen molar-refractivity contribution < 1.29 is 4.74 Å². The summed E-state index contributed by atoms with van der Waals surface area (Å²) in [6, 6.07) is 12.4. The van der Waals surface area contributed by atoms with Gasteiger partial charge in [-0.3, -0.25) is 4.99 Å². The van der Waals surface area contributed by atoms with Gasteiger partial charge >= 0.3 is 0 Å². The minimum absolute atomic E-state index is 0. The normalized spacial score (nSPS) is 12.2. The predicted molar refractivity (Wildman–Crippen MR) is 114 cm³/mol. The van der Waals surface area contributed by atoms with Gasteiger partial charge in [0.05, 0.1) is 7.11 Å². The second kappa shape index (κ2) is 10.6. The van der Waals surface area contributed by atoms with Crippen molar-refractivity contribution in [1.82, 2.24) is 10.2 Å². The summed E-state index contributed by atoms with van der Waals surface area (Å²) in [7, 11) is 5.56. The number of rotatable bonds is 6. The highest BCUT2D eigenvalue weighted by Gasteiger charge is 2.12. The predicted octanol–water partition coefficient (Wildman–Crippen LogP) is 4.19. The van der Waals surface area contributed by atoms with Crippen molar-refractivity contribution >= 4 is 41.3 Å². The molecular formula is C18H26IN3OS. The van der Waals surface area contributed by atoms with Crippen LogP contribution in [0.2, 0.25) is 0 Å². The maximum absolute atomic E-state index is 5.42. The Kier molecular flexibility index (Phi) is 9.13. The summed E-state index contributed by atoms with van der Waals surface area (Å²) < 4.78 is 5.42. The number of para-hydroxylation sites is 1. The molecule has 0 radical (unpaired) electrons. The van der Waals surface area contributed by atoms with Crippen LogP contribution in [-0.2, 0) is 6.54 Å². The van der Waals surface area contributed by atoms with Gasteiger partial charge in [-0.25, -0.2) is 0 Å². The number of hydrogen-bond donors (Lipinski definition) is 1. The highest BCUT2D eigenvalue weighted by Crippen LogP contribution is 2.20. The number of methoxy groups -OCH3 is 1. The van der Waals surface area contributed by atoms with E-state index in [1.54, 1.807) is 18.4 Å². The van der Waals surface area contributed by atoms with Crippen LogP contribution >= 0.6 is 35.3 Å². The maximum Gasteiger partial charge on any atom is 0.193 e. The lowest BCUT2D eigenvalue weighted by atomic mass is 10.1. The van der Waals surface area contributed by atoms with Crippen LogP contribution in [0.3, 0.4) is 0 Å². The number of halogens is 1. The second-order valence-electron chi connectivity index (χ2n) is 5.51. The first-order valence-electron chi connectivity index (χ1n) is 7.72. The topological polar surface area (TPSA) is 36.9 Å². The molecule has 1 unspecified atom stereocenters. The van der Waals surface area contributed by atoms with Gasteiger partial charge in [0.15, 0.2) is 5.96 Å². The number of thiophene rings is 1. The molecule has 0 aliphatic heterocycles. The summed E-state index contributed by atoms with van der Waals surface area (Å²) in [5.74, 6) is 2.26. The van der Waals surface area contributed by atoms with Gasteiger partial charge in [0.1, 0.15) is 5.75 Å². The maximum atomic E-state index is 5.42. The molecule has 1 N–H and O–H groups in total. The number of benzene rings is 1. The molecular weight excluding hydrogens is 433 g/mol. The number of nitrogens with one attached hydrogen (secondary N) is 1. The van der Waals surface area contributed by atoms with E-state index in [-0.39, 0.29) is 24.0 Å². The summed E-state index contributed by atoms with van der Waals surface area (Å²) in [6.07, 6.45) is 0. The van der Waals surface area contributed by atoms with Gasteiger partial charge in [-0.05, 0) is 17.5 Å². The van der Waals surface area contributed by atoms with Crippen LogP contribution < -0.4 is 10.1 Å². The molecule has 6 heteroatoms. The Morgan fingerprint density at radius 2 is 2.04 bits per heavy atom. The van der Waals surface area contributed by atoms with Crippen LogP contribution in [0.1, 0.15) is 23.3 Å². The lowest BCUT2D eigenvalue weighted by molar-refractivity contribution is 0.396. The van der Waals surface area contributed by atoms with E-state index in [2.05, 4.69) is 45.7 Å². The molecule has 0 fully saturated rings. The van der Waals surface area contributed by atoms with Crippen molar-refractivity contribution in [3.63, 3.8) is 0 Å². The number of ether oxygens (including phenoxy) is 1. The van der Waals surface area contributed by atoms with Gasteiger partial charge in [0.2, 0.25) is 0 Å². The molecule has 0 saturated heterocycles. The van der Waals surface area contributed by atoms with Gasteiger partial charge in [-0.2, -0.15) is 0 Å². The molecule has 0 amide bonds. The van der Waals surface area contributed by atoms with E-state index >= 15 is 0 Å². The highest BCUT2D eigenvalue weighted by molar-refractivity contribution is 14.0. The van der Waals surface area contributed by atoms with Crippen LogP contribution in [0.15, 0.2) is 46.8 Å². The molecule has 2 rings (SSSR count). The van der Waals surface area contributed by atoms with Crippen molar-refractivity contribution in [3.05, 3.63) is 52.2 Å². The lowest BCUT2D eigenvalue weighted by Crippen LogP contribution is -2.40. The molecule has 24 heavy (non-hydrogen) atoms. The van der Waals surface area contributed by atoms with Crippen LogP contribution in [-0.4, -0.2) is 38.6 Å². The molecule has 0 aliphatic carbocycles. The van der Waals surface area contributed by atoms with E-state index in [1.807, 2.05) is 32.3 Å². The molecule has 4 nitrogen and oxygen atoms in total. The van der Waals surface area contributed by atoms with Gasteiger partial charge in [0.25, 0.3) is 0 Å². The third-order valence-corrected chi connectivity index (χ3v) is 4.87. The minimum atomic E-state index is 0. The van der Waals surface area contributed by atoms with Crippen molar-refractivity contribution in [2.75, 3.05) is 27.7 Å². The molecule has 0 saturated carbocycles. The SMILES string of the molecule is CN=C(NCC(C)c1cccs1)N(C)Cc1ccccc1OC.I. The number of hydrogen-bond acceptors (Lipinski definition) is 3. The Hall–Kier alpha value is -1.28. The van der Waals surface area contributed by atoms with Crippen LogP contribution in [0.25, 0.3) is 0 Å². The van der Waals surface area contributed by atoms with Crippen molar-refractivity contribution in [2.45, 2.75) is 19.4 Å². The minimum Gasteiger partial charge on any atom is -0.496 e. The van der Waals surface area contributed by atoms with E-state index < -0.39 is 0 Å². The third kappa shape index (κ3) is 5.66. The zero-order valence-corrected chi connectivity index (χ0v) is 17.8. The molecule has 1 aromatic carbocycles. The zero-order chi connectivity index (χ0) is 16.7. The van der Waals surface area contributed by atoms with Gasteiger partial charge in [0, 0.05) is 43.5 Å². The molecule has 1 heterocycles. The Morgan fingerprint density at radius 3 is 2.67 bits per heavy atom. The molecule has 1 aromatic heterocycles. The molecule has 132 valence electrons. The van der Waals surface area contributed by atoms with Gasteiger partial charge in [-0.15, -0.1) is 35.3 Å². The van der Waals surface area contributed by atoms with E-state index in [0.29, 0.717) is 5.92 Å². The number of nitrogens with zero attached hydrogens (tertiary/aromatic N) is 2. The van der Waals surface area contributed by atoms with Gasteiger partial charge < -0.3 is 15.0 Å². The van der Waals surface area contributed by atoms with E-state index in [0.717, 1.165) is 30.4 Å². The van der Waals surface area contributed by atoms with Crippen molar-refractivity contribution in [3.8, 4) is 5.75 Å². The first-order valence-corrected chi connectivity index (χ1v) is 8.60. The van der Waals surface area contributed by atoms with Crippen molar-refractivity contribution in [2.24, 2.45) is 4.99 Å². The first kappa shape index (κ1) is 20.8. The monoisotopic (exact) mass is 459 g/mol. The Bertz CT molecular complexity index is 631. The summed E-state index contributed by atoms with van der Waals surface area (Å²) in [5.41, 5.74) is 1.15. The number of guanidine groups is 1. The lowest BCUT2D eigenvalue weighted by Gasteiger charge is -2.24. The molecule has 0 spiro atoms. The molecule has 2 aromatic rings. The smallest absolute Gasteiger partial charge is 0.193 e. The Labute approximate surface area is 166 Å². The number of aliphatic imine (C=N–C) groups is 1. The Morgan fingerprint density at radius 1 is 1.29 bits per heavy atom. The summed E-state index contributed by atoms with van der Waals surface area (Å²) in [4.78, 5) is 7.89. The Balaban J connectivity index is 0.00000288. The van der Waals surface area contributed by atoms with E-state index in [1.165, 1.54) is 4.88 Å². The third-order valence-electron chi connectivity index (χ3n) is 3.77. The molecule has 0 bridgehead atoms. The molecule has 0 aliphatic rings. The van der Waals surface area contributed by atoms with Crippen LogP contribution in [0.4, 0.5) is 0 Å². The van der Waals surface area contributed by atoms with E-state index in [4.69, 9.17) is 4.74 Å². The second-order valence-corrected chi connectivity index (χ2v) is 6.49. The summed E-state index contributed by atoms with van der Waals surface area (Å²) in [5, 5.41) is 5.58. The average Bonchev–Trinajstić information content (AvgIpc) is 3.10. The van der Waals surface area contributed by atoms with Crippen molar-refractivity contribution in [1.29, 1.82) is 0 Å². The fraction of sp³-hybridized carbons (Fsp3) is 0.389. The first-order chi connectivity index (χ1) is 11.2. The van der Waals surface area contributed by atoms with Crippen LogP contribution in [0.5, 0.6) is 5.75 Å². The molecule has 1 atom stereocenters.